The van der Waals surface area contributed by atoms with Crippen LogP contribution in [0.2, 0.25) is 0 Å². The van der Waals surface area contributed by atoms with Gasteiger partial charge in [0.15, 0.2) is 5.17 Å². The van der Waals surface area contributed by atoms with Crippen molar-refractivity contribution in [3.8, 4) is 6.19 Å². The maximum absolute atomic E-state index is 12.5. The Morgan fingerprint density at radius 2 is 2.08 bits per heavy atom. The first-order valence-corrected chi connectivity index (χ1v) is 9.33. The topological polar surface area (TPSA) is 104 Å². The Labute approximate surface area is 154 Å². The first-order chi connectivity index (χ1) is 12.6. The maximum atomic E-state index is 12.5. The van der Waals surface area contributed by atoms with E-state index in [-0.39, 0.29) is 11.5 Å². The Morgan fingerprint density at radius 1 is 1.27 bits per heavy atom. The number of benzene rings is 1. The van der Waals surface area contributed by atoms with Crippen LogP contribution in [0.5, 0.6) is 0 Å². The molecule has 1 fully saturated rings. The summed E-state index contributed by atoms with van der Waals surface area (Å²) < 4.78 is 1.39. The summed E-state index contributed by atoms with van der Waals surface area (Å²) in [5.74, 6) is 0.318. The largest absolute Gasteiger partial charge is 0.290 e. The summed E-state index contributed by atoms with van der Waals surface area (Å²) in [4.78, 5) is 29.5. The van der Waals surface area contributed by atoms with E-state index in [2.05, 4.69) is 15.3 Å². The Balaban J connectivity index is 1.54. The van der Waals surface area contributed by atoms with Crippen molar-refractivity contribution < 1.29 is 4.79 Å². The minimum absolute atomic E-state index is 0.0176. The van der Waals surface area contributed by atoms with Gasteiger partial charge in [0.05, 0.1) is 11.1 Å². The van der Waals surface area contributed by atoms with Crippen molar-refractivity contribution in [1.29, 1.82) is 5.26 Å². The van der Waals surface area contributed by atoms with E-state index < -0.39 is 0 Å². The molecule has 0 N–H and O–H groups in total. The average Bonchev–Trinajstić information content (AvgIpc) is 2.97. The number of hydrogen-bond acceptors (Lipinski definition) is 7. The molecule has 0 radical (unpaired) electrons. The number of carbonyl (C=O) groups is 1. The average molecular weight is 370 g/mol. The zero-order valence-corrected chi connectivity index (χ0v) is 15.2. The molecule has 2 heterocycles. The normalized spacial score (nSPS) is 15.8. The van der Waals surface area contributed by atoms with Crippen LogP contribution in [-0.4, -0.2) is 43.3 Å². The van der Waals surface area contributed by atoms with Gasteiger partial charge in [-0.05, 0) is 38.3 Å². The van der Waals surface area contributed by atoms with Crippen molar-refractivity contribution in [2.75, 3.05) is 12.3 Å². The number of aryl methyl sites for hydroxylation is 2. The lowest BCUT2D eigenvalue weighted by molar-refractivity contribution is -0.124. The Morgan fingerprint density at radius 3 is 2.88 bits per heavy atom. The highest BCUT2D eigenvalue weighted by Crippen LogP contribution is 2.20. The van der Waals surface area contributed by atoms with Crippen molar-refractivity contribution in [1.82, 2.24) is 19.9 Å². The van der Waals surface area contributed by atoms with E-state index in [0.29, 0.717) is 34.9 Å². The smallest absolute Gasteiger partial charge is 0.277 e. The van der Waals surface area contributed by atoms with Gasteiger partial charge in [0.25, 0.3) is 5.56 Å². The summed E-state index contributed by atoms with van der Waals surface area (Å²) in [7, 11) is 0. The van der Waals surface area contributed by atoms with Crippen LogP contribution in [0, 0.1) is 18.4 Å². The second kappa shape index (κ2) is 8.10. The number of fused-ring (bicyclic) bond motifs is 1. The number of hydrogen-bond donors (Lipinski definition) is 0. The standard InChI is InChI=1S/C17H18N6O2S/c1-12-5-6-14-13(9-12)16(25)23(21-20-14)8-4-2-3-7-22-15(24)10-26-17(22)19-11-18/h5-6,9H,2-4,7-8,10H2,1H3/b19-17-. The van der Waals surface area contributed by atoms with Crippen LogP contribution in [0.1, 0.15) is 24.8 Å². The van der Waals surface area contributed by atoms with Gasteiger partial charge in [-0.2, -0.15) is 5.26 Å². The Bertz CT molecular complexity index is 962. The molecule has 0 bridgehead atoms. The molecule has 0 aliphatic carbocycles. The highest BCUT2D eigenvalue weighted by molar-refractivity contribution is 8.15. The molecular weight excluding hydrogens is 352 g/mol. The summed E-state index contributed by atoms with van der Waals surface area (Å²) in [6.45, 7) is 2.95. The molecule has 2 aromatic rings. The lowest BCUT2D eigenvalue weighted by atomic mass is 10.2. The number of amidine groups is 1. The van der Waals surface area contributed by atoms with Crippen LogP contribution < -0.4 is 5.56 Å². The molecule has 0 spiro atoms. The van der Waals surface area contributed by atoms with Crippen LogP contribution in [0.3, 0.4) is 0 Å². The molecule has 0 atom stereocenters. The van der Waals surface area contributed by atoms with Crippen molar-refractivity contribution in [2.45, 2.75) is 32.7 Å². The van der Waals surface area contributed by atoms with Gasteiger partial charge in [0.2, 0.25) is 12.1 Å². The highest BCUT2D eigenvalue weighted by Gasteiger charge is 2.27. The van der Waals surface area contributed by atoms with E-state index in [0.717, 1.165) is 24.8 Å². The molecule has 134 valence electrons. The van der Waals surface area contributed by atoms with Crippen LogP contribution in [0.4, 0.5) is 0 Å². The van der Waals surface area contributed by atoms with Gasteiger partial charge in [0, 0.05) is 13.1 Å². The second-order valence-corrected chi connectivity index (χ2v) is 6.97. The quantitative estimate of drug-likeness (QED) is 0.566. The molecule has 0 unspecified atom stereocenters. The number of amides is 1. The molecule has 3 rings (SSSR count). The first-order valence-electron chi connectivity index (χ1n) is 8.34. The van der Waals surface area contributed by atoms with Crippen molar-refractivity contribution in [2.24, 2.45) is 4.99 Å². The van der Waals surface area contributed by atoms with E-state index in [1.165, 1.54) is 16.4 Å². The Kier molecular flexibility index (Phi) is 5.63. The van der Waals surface area contributed by atoms with Crippen LogP contribution in [-0.2, 0) is 11.3 Å². The number of nitrogens with zero attached hydrogens (tertiary/aromatic N) is 6. The number of thioether (sulfide) groups is 1. The van der Waals surface area contributed by atoms with Crippen LogP contribution >= 0.6 is 11.8 Å². The van der Waals surface area contributed by atoms with E-state index in [9.17, 15) is 9.59 Å². The monoisotopic (exact) mass is 370 g/mol. The number of unbranched alkanes of at least 4 members (excludes halogenated alkanes) is 2. The fourth-order valence-corrected chi connectivity index (χ4v) is 3.65. The number of rotatable bonds is 6. The molecule has 1 saturated heterocycles. The fraction of sp³-hybridized carbons (Fsp3) is 0.412. The summed E-state index contributed by atoms with van der Waals surface area (Å²) in [5, 5.41) is 17.8. The predicted molar refractivity (Wildman–Crippen MR) is 99.6 cm³/mol. The number of nitriles is 1. The van der Waals surface area contributed by atoms with E-state index in [1.807, 2.05) is 19.1 Å². The molecule has 26 heavy (non-hydrogen) atoms. The zero-order chi connectivity index (χ0) is 18.5. The van der Waals surface area contributed by atoms with E-state index in [4.69, 9.17) is 5.26 Å². The third-order valence-electron chi connectivity index (χ3n) is 4.13. The van der Waals surface area contributed by atoms with Gasteiger partial charge in [-0.1, -0.05) is 28.6 Å². The molecule has 8 nitrogen and oxygen atoms in total. The van der Waals surface area contributed by atoms with Crippen molar-refractivity contribution >= 4 is 33.7 Å². The molecule has 1 aliphatic rings. The maximum Gasteiger partial charge on any atom is 0.277 e. The molecule has 9 heteroatoms. The SMILES string of the molecule is Cc1ccc2nnn(CCCCCN3C(=O)CS/C3=N\C#N)c(=O)c2c1. The summed E-state index contributed by atoms with van der Waals surface area (Å²) >= 11 is 1.29. The first kappa shape index (κ1) is 18.1. The zero-order valence-electron chi connectivity index (χ0n) is 14.4. The van der Waals surface area contributed by atoms with E-state index >= 15 is 0 Å². The fourth-order valence-electron chi connectivity index (χ4n) is 2.79. The van der Waals surface area contributed by atoms with Crippen LogP contribution in [0.25, 0.3) is 10.9 Å². The number of carbonyl (C=O) groups excluding carboxylic acids is 1. The van der Waals surface area contributed by atoms with E-state index in [1.54, 1.807) is 17.2 Å². The van der Waals surface area contributed by atoms with Gasteiger partial charge in [-0.15, -0.1) is 10.1 Å². The third kappa shape index (κ3) is 3.91. The lowest BCUT2D eigenvalue weighted by Gasteiger charge is -2.14. The summed E-state index contributed by atoms with van der Waals surface area (Å²) in [5.41, 5.74) is 1.48. The van der Waals surface area contributed by atoms with Gasteiger partial charge in [-0.25, -0.2) is 4.68 Å². The highest BCUT2D eigenvalue weighted by atomic mass is 32.2. The molecule has 1 aromatic heterocycles. The van der Waals surface area contributed by atoms with Crippen LogP contribution in [0.15, 0.2) is 28.0 Å². The predicted octanol–water partition coefficient (Wildman–Crippen LogP) is 1.68. The second-order valence-electron chi connectivity index (χ2n) is 6.03. The third-order valence-corrected chi connectivity index (χ3v) is 5.09. The minimum atomic E-state index is -0.131. The van der Waals surface area contributed by atoms with Gasteiger partial charge < -0.3 is 0 Å². The Hall–Kier alpha value is -2.73. The minimum Gasteiger partial charge on any atom is -0.290 e. The van der Waals surface area contributed by atoms with Gasteiger partial charge in [0.1, 0.15) is 5.52 Å². The lowest BCUT2D eigenvalue weighted by Crippen LogP contribution is -2.30. The van der Waals surface area contributed by atoms with Gasteiger partial charge in [-0.3, -0.25) is 14.5 Å². The van der Waals surface area contributed by atoms with Gasteiger partial charge >= 0.3 is 0 Å². The summed E-state index contributed by atoms with van der Waals surface area (Å²) in [6.07, 6.45) is 4.08. The number of aromatic nitrogens is 3. The van der Waals surface area contributed by atoms with Crippen molar-refractivity contribution in [3.63, 3.8) is 0 Å². The molecule has 1 amide bonds. The number of aliphatic imine (C=N–C) groups is 1. The molecule has 0 saturated carbocycles. The molecule has 1 aliphatic heterocycles. The van der Waals surface area contributed by atoms with Crippen molar-refractivity contribution in [3.05, 3.63) is 34.1 Å². The summed E-state index contributed by atoms with van der Waals surface area (Å²) in [6, 6.07) is 5.53. The molecular formula is C17H18N6O2S. The molecule has 1 aromatic carbocycles.